The number of ether oxygens (including phenoxy) is 2. The van der Waals surface area contributed by atoms with E-state index in [2.05, 4.69) is 22.2 Å². The molecule has 0 spiro atoms. The number of benzene rings is 1. The monoisotopic (exact) mass is 403 g/mol. The second kappa shape index (κ2) is 8.23. The number of aromatic nitrogens is 2. The van der Waals surface area contributed by atoms with Crippen molar-refractivity contribution in [1.29, 1.82) is 0 Å². The average Bonchev–Trinajstić information content (AvgIpc) is 3.21. The molecule has 0 bridgehead atoms. The second-order valence-electron chi connectivity index (χ2n) is 7.82. The van der Waals surface area contributed by atoms with Gasteiger partial charge in [0.2, 0.25) is 5.88 Å². The molecule has 28 heavy (non-hydrogen) atoms. The predicted molar refractivity (Wildman–Crippen MR) is 108 cm³/mol. The summed E-state index contributed by atoms with van der Waals surface area (Å²) in [6.45, 7) is 2.37. The highest BCUT2D eigenvalue weighted by molar-refractivity contribution is 6.30. The molecule has 2 N–H and O–H groups in total. The molecule has 1 aromatic carbocycles. The van der Waals surface area contributed by atoms with Crippen molar-refractivity contribution in [3.05, 3.63) is 46.7 Å². The molecule has 4 rings (SSSR count). The van der Waals surface area contributed by atoms with Gasteiger partial charge in [-0.3, -0.25) is 0 Å². The number of nitrogens with zero attached hydrogens (tertiary/aromatic N) is 2. The molecule has 1 aromatic heterocycles. The van der Waals surface area contributed by atoms with Gasteiger partial charge in [-0.15, -0.1) is 0 Å². The van der Waals surface area contributed by atoms with Crippen molar-refractivity contribution < 1.29 is 14.6 Å². The van der Waals surface area contributed by atoms with E-state index < -0.39 is 0 Å². The fourth-order valence-corrected chi connectivity index (χ4v) is 4.61. The summed E-state index contributed by atoms with van der Waals surface area (Å²) in [5.41, 5.74) is 2.37. The van der Waals surface area contributed by atoms with Crippen molar-refractivity contribution in [1.82, 2.24) is 9.97 Å². The molecule has 0 radical (unpaired) electrons. The van der Waals surface area contributed by atoms with E-state index in [1.807, 2.05) is 24.3 Å². The minimum absolute atomic E-state index is 0.00814. The van der Waals surface area contributed by atoms with Gasteiger partial charge in [0, 0.05) is 31.2 Å². The summed E-state index contributed by atoms with van der Waals surface area (Å²) >= 11 is 6.14. The third kappa shape index (κ3) is 3.95. The summed E-state index contributed by atoms with van der Waals surface area (Å²) < 4.78 is 11.8. The van der Waals surface area contributed by atoms with E-state index in [1.54, 1.807) is 7.11 Å². The van der Waals surface area contributed by atoms with Crippen LogP contribution >= 0.6 is 11.6 Å². The molecule has 0 saturated heterocycles. The van der Waals surface area contributed by atoms with Crippen LogP contribution in [0.4, 0.5) is 5.82 Å². The van der Waals surface area contributed by atoms with Crippen LogP contribution in [0.2, 0.25) is 5.02 Å². The van der Waals surface area contributed by atoms with Gasteiger partial charge in [-0.25, -0.2) is 9.97 Å². The predicted octanol–water partition coefficient (Wildman–Crippen LogP) is 3.64. The first kappa shape index (κ1) is 19.4. The van der Waals surface area contributed by atoms with Crippen LogP contribution in [0, 0.1) is 11.8 Å². The van der Waals surface area contributed by atoms with Crippen LogP contribution in [0.15, 0.2) is 30.6 Å². The highest BCUT2D eigenvalue weighted by Gasteiger charge is 2.34. The zero-order chi connectivity index (χ0) is 19.7. The summed E-state index contributed by atoms with van der Waals surface area (Å²) in [6.07, 6.45) is 4.19. The number of hydrogen-bond donors (Lipinski definition) is 2. The van der Waals surface area contributed by atoms with E-state index in [4.69, 9.17) is 21.1 Å². The Hall–Kier alpha value is -1.89. The molecule has 2 aliphatic carbocycles. The third-order valence-electron chi connectivity index (χ3n) is 6.01. The lowest BCUT2D eigenvalue weighted by atomic mass is 10.00. The molecule has 5 atom stereocenters. The van der Waals surface area contributed by atoms with Crippen molar-refractivity contribution in [2.75, 3.05) is 19.0 Å². The quantitative estimate of drug-likeness (QED) is 0.766. The maximum absolute atomic E-state index is 9.46. The number of halogens is 1. The van der Waals surface area contributed by atoms with Crippen LogP contribution in [-0.2, 0) is 11.2 Å². The van der Waals surface area contributed by atoms with Crippen LogP contribution in [-0.4, -0.2) is 41.0 Å². The van der Waals surface area contributed by atoms with Crippen molar-refractivity contribution >= 4 is 17.4 Å². The summed E-state index contributed by atoms with van der Waals surface area (Å²) in [5, 5.41) is 13.7. The first-order chi connectivity index (χ1) is 13.6. The number of nitrogens with one attached hydrogen (secondary N) is 1. The van der Waals surface area contributed by atoms with Crippen LogP contribution < -0.4 is 10.1 Å². The molecule has 6 nitrogen and oxygen atoms in total. The first-order valence-corrected chi connectivity index (χ1v) is 10.1. The van der Waals surface area contributed by atoms with Crippen molar-refractivity contribution in [3.63, 3.8) is 0 Å². The first-order valence-electron chi connectivity index (χ1n) is 9.74. The lowest BCUT2D eigenvalue weighted by Crippen LogP contribution is -2.24. The van der Waals surface area contributed by atoms with E-state index in [9.17, 15) is 5.11 Å². The largest absolute Gasteiger partial charge is 0.474 e. The highest BCUT2D eigenvalue weighted by Crippen LogP contribution is 2.37. The zero-order valence-electron chi connectivity index (χ0n) is 16.1. The van der Waals surface area contributed by atoms with E-state index >= 15 is 0 Å². The summed E-state index contributed by atoms with van der Waals surface area (Å²) in [7, 11) is 1.72. The maximum Gasteiger partial charge on any atom is 0.218 e. The normalized spacial score (nSPS) is 28.9. The Labute approximate surface area is 170 Å². The topological polar surface area (TPSA) is 76.5 Å². The fraction of sp³-hybridized carbons (Fsp3) is 0.524. The maximum atomic E-state index is 9.46. The van der Waals surface area contributed by atoms with E-state index in [1.165, 1.54) is 17.5 Å². The van der Waals surface area contributed by atoms with Gasteiger partial charge in [-0.2, -0.15) is 0 Å². The minimum atomic E-state index is -0.00899. The number of rotatable bonds is 6. The van der Waals surface area contributed by atoms with Crippen LogP contribution in [0.3, 0.4) is 0 Å². The van der Waals surface area contributed by atoms with Gasteiger partial charge < -0.3 is 19.9 Å². The molecule has 0 amide bonds. The highest BCUT2D eigenvalue weighted by atomic mass is 35.5. The molecule has 0 aliphatic heterocycles. The van der Waals surface area contributed by atoms with Gasteiger partial charge in [0.15, 0.2) is 0 Å². The van der Waals surface area contributed by atoms with Gasteiger partial charge in [0.1, 0.15) is 18.2 Å². The second-order valence-corrected chi connectivity index (χ2v) is 8.25. The van der Waals surface area contributed by atoms with E-state index in [-0.39, 0.29) is 24.9 Å². The van der Waals surface area contributed by atoms with E-state index in [0.717, 1.165) is 24.3 Å². The van der Waals surface area contributed by atoms with Crippen LogP contribution in [0.1, 0.15) is 36.9 Å². The number of methoxy groups -OCH3 is 1. The fourth-order valence-electron chi connectivity index (χ4n) is 4.42. The molecule has 150 valence electrons. The Balaban J connectivity index is 1.48. The van der Waals surface area contributed by atoms with Crippen molar-refractivity contribution in [3.8, 4) is 5.88 Å². The standard InChI is InChI=1S/C21H26ClN3O3/c1-12-5-16(7-14(12)10-26)28-20-9-19(23-11-24-20)25-21-17-4-3-15(22)6-13(17)8-18(21)27-2/h3-4,6,9,11-12,14,16,18,21,26H,5,7-8,10H2,1-2H3,(H,23,24,25)/t12-,14-,16-,18-,21+/m0/s1. The Bertz CT molecular complexity index is 834. The number of aliphatic hydroxyl groups is 1. The zero-order valence-corrected chi connectivity index (χ0v) is 16.9. The Kier molecular flexibility index (Phi) is 5.71. The number of anilines is 1. The van der Waals surface area contributed by atoms with Gasteiger partial charge in [-0.1, -0.05) is 24.6 Å². The smallest absolute Gasteiger partial charge is 0.218 e. The Morgan fingerprint density at radius 2 is 2.11 bits per heavy atom. The number of hydrogen-bond acceptors (Lipinski definition) is 6. The SMILES string of the molecule is CO[C@H]1Cc2cc(Cl)ccc2[C@H]1Nc1cc(O[C@@H]2C[C@@H](CO)[C@@H](C)C2)ncn1. The molecule has 1 fully saturated rings. The van der Waals surface area contributed by atoms with Crippen molar-refractivity contribution in [2.24, 2.45) is 11.8 Å². The summed E-state index contributed by atoms with van der Waals surface area (Å²) in [5.74, 6) is 2.01. The molecule has 7 heteroatoms. The molecule has 0 unspecified atom stereocenters. The lowest BCUT2D eigenvalue weighted by Gasteiger charge is -2.21. The third-order valence-corrected chi connectivity index (χ3v) is 6.24. The van der Waals surface area contributed by atoms with E-state index in [0.29, 0.717) is 23.5 Å². The lowest BCUT2D eigenvalue weighted by molar-refractivity contribution is 0.0959. The van der Waals surface area contributed by atoms with Gasteiger partial charge in [0.25, 0.3) is 0 Å². The van der Waals surface area contributed by atoms with Gasteiger partial charge >= 0.3 is 0 Å². The van der Waals surface area contributed by atoms with Crippen LogP contribution in [0.5, 0.6) is 5.88 Å². The molecule has 2 aromatic rings. The molecule has 2 aliphatic rings. The Morgan fingerprint density at radius 1 is 1.25 bits per heavy atom. The molecular formula is C21H26ClN3O3. The van der Waals surface area contributed by atoms with Gasteiger partial charge in [-0.05, 0) is 47.9 Å². The van der Waals surface area contributed by atoms with Gasteiger partial charge in [0.05, 0.1) is 12.1 Å². The molecule has 1 saturated carbocycles. The number of fused-ring (bicyclic) bond motifs is 1. The molecule has 1 heterocycles. The average molecular weight is 404 g/mol. The van der Waals surface area contributed by atoms with Crippen LogP contribution in [0.25, 0.3) is 0 Å². The molecular weight excluding hydrogens is 378 g/mol. The summed E-state index contributed by atoms with van der Waals surface area (Å²) in [4.78, 5) is 8.62. The minimum Gasteiger partial charge on any atom is -0.474 e. The summed E-state index contributed by atoms with van der Waals surface area (Å²) in [6, 6.07) is 7.77. The van der Waals surface area contributed by atoms with Crippen molar-refractivity contribution in [2.45, 2.75) is 44.4 Å². The Morgan fingerprint density at radius 3 is 2.86 bits per heavy atom. The number of aliphatic hydroxyl groups excluding tert-OH is 1.